The van der Waals surface area contributed by atoms with E-state index in [-0.39, 0.29) is 0 Å². The third-order valence-corrected chi connectivity index (χ3v) is 2.39. The van der Waals surface area contributed by atoms with Gasteiger partial charge in [-0.2, -0.15) is 15.0 Å². The highest BCUT2D eigenvalue weighted by molar-refractivity contribution is 5.55. The molecule has 0 atom stereocenters. The Morgan fingerprint density at radius 1 is 0.778 bits per heavy atom. The van der Waals surface area contributed by atoms with Crippen LogP contribution in [0.3, 0.4) is 0 Å². The van der Waals surface area contributed by atoms with Gasteiger partial charge >= 0.3 is 0 Å². The number of rotatable bonds is 4. The lowest BCUT2D eigenvalue weighted by atomic mass is 10.2. The maximum Gasteiger partial charge on any atom is 0.233 e. The number of benzene rings is 1. The fourth-order valence-corrected chi connectivity index (χ4v) is 1.42. The molecule has 0 amide bonds. The van der Waals surface area contributed by atoms with Crippen molar-refractivity contribution in [3.05, 3.63) is 29.8 Å². The molecule has 0 bridgehead atoms. The molecule has 2 rings (SSSR count). The third-order valence-electron chi connectivity index (χ3n) is 2.39. The average Bonchev–Trinajstić information content (AvgIpc) is 2.41. The quantitative estimate of drug-likeness (QED) is 0.764. The van der Waals surface area contributed by atoms with E-state index >= 15 is 0 Å². The van der Waals surface area contributed by atoms with Crippen LogP contribution in [0.1, 0.15) is 5.56 Å². The Hall–Kier alpha value is -2.37. The number of nitrogens with one attached hydrogen (secondary N) is 3. The van der Waals surface area contributed by atoms with Crippen LogP contribution in [0.25, 0.3) is 0 Å². The van der Waals surface area contributed by atoms with E-state index in [0.29, 0.717) is 17.8 Å². The van der Waals surface area contributed by atoms with Crippen LogP contribution in [-0.2, 0) is 0 Å². The summed E-state index contributed by atoms with van der Waals surface area (Å²) >= 11 is 0. The van der Waals surface area contributed by atoms with E-state index < -0.39 is 0 Å². The molecule has 94 valence electrons. The van der Waals surface area contributed by atoms with Crippen LogP contribution in [0, 0.1) is 6.92 Å². The second-order valence-corrected chi connectivity index (χ2v) is 3.80. The molecular formula is C12H16N6. The van der Waals surface area contributed by atoms with Crippen molar-refractivity contribution in [2.45, 2.75) is 6.92 Å². The van der Waals surface area contributed by atoms with Gasteiger partial charge in [0.15, 0.2) is 0 Å². The zero-order chi connectivity index (χ0) is 13.0. The molecule has 0 unspecified atom stereocenters. The summed E-state index contributed by atoms with van der Waals surface area (Å²) in [6.07, 6.45) is 0. The smallest absolute Gasteiger partial charge is 0.233 e. The van der Waals surface area contributed by atoms with Crippen LogP contribution < -0.4 is 16.0 Å². The number of aryl methyl sites for hydroxylation is 1. The Balaban J connectivity index is 2.25. The van der Waals surface area contributed by atoms with Crippen molar-refractivity contribution >= 4 is 23.5 Å². The normalized spacial score (nSPS) is 9.94. The highest BCUT2D eigenvalue weighted by Crippen LogP contribution is 2.15. The second kappa shape index (κ2) is 5.31. The minimum Gasteiger partial charge on any atom is -0.357 e. The van der Waals surface area contributed by atoms with Gasteiger partial charge in [0.05, 0.1) is 0 Å². The molecular weight excluding hydrogens is 228 g/mol. The van der Waals surface area contributed by atoms with E-state index in [0.717, 1.165) is 5.69 Å². The van der Waals surface area contributed by atoms with Gasteiger partial charge in [-0.3, -0.25) is 0 Å². The Kier molecular flexibility index (Phi) is 3.57. The molecule has 2 aromatic rings. The molecule has 6 heteroatoms. The number of anilines is 4. The summed E-state index contributed by atoms with van der Waals surface area (Å²) in [6, 6.07) is 8.03. The maximum absolute atomic E-state index is 4.23. The van der Waals surface area contributed by atoms with Crippen LogP contribution in [0.4, 0.5) is 23.5 Å². The SMILES string of the molecule is CNc1nc(NC)nc(Nc2ccc(C)cc2)n1. The lowest BCUT2D eigenvalue weighted by Gasteiger charge is -2.08. The van der Waals surface area contributed by atoms with Crippen LogP contribution in [0.2, 0.25) is 0 Å². The zero-order valence-corrected chi connectivity index (χ0v) is 10.7. The summed E-state index contributed by atoms with van der Waals surface area (Å²) in [6.45, 7) is 2.05. The van der Waals surface area contributed by atoms with Crippen LogP contribution in [-0.4, -0.2) is 29.0 Å². The summed E-state index contributed by atoms with van der Waals surface area (Å²) < 4.78 is 0. The molecule has 0 aliphatic heterocycles. The van der Waals surface area contributed by atoms with Gasteiger partial charge in [0.25, 0.3) is 0 Å². The van der Waals surface area contributed by atoms with Crippen LogP contribution in [0.15, 0.2) is 24.3 Å². The van der Waals surface area contributed by atoms with Crippen molar-refractivity contribution in [2.24, 2.45) is 0 Å². The molecule has 0 spiro atoms. The Morgan fingerprint density at radius 2 is 1.28 bits per heavy atom. The monoisotopic (exact) mass is 244 g/mol. The van der Waals surface area contributed by atoms with Crippen molar-refractivity contribution < 1.29 is 0 Å². The molecule has 0 saturated heterocycles. The molecule has 3 N–H and O–H groups in total. The number of hydrogen-bond acceptors (Lipinski definition) is 6. The summed E-state index contributed by atoms with van der Waals surface area (Å²) in [5, 5.41) is 8.93. The Labute approximate surface area is 106 Å². The first-order valence-corrected chi connectivity index (χ1v) is 5.66. The third kappa shape index (κ3) is 2.85. The maximum atomic E-state index is 4.23. The fourth-order valence-electron chi connectivity index (χ4n) is 1.42. The summed E-state index contributed by atoms with van der Waals surface area (Å²) in [4.78, 5) is 12.6. The summed E-state index contributed by atoms with van der Waals surface area (Å²) in [7, 11) is 3.54. The van der Waals surface area contributed by atoms with Gasteiger partial charge in [-0.05, 0) is 19.1 Å². The number of aromatic nitrogens is 3. The molecule has 18 heavy (non-hydrogen) atoms. The highest BCUT2D eigenvalue weighted by Gasteiger charge is 2.04. The van der Waals surface area contributed by atoms with Gasteiger partial charge in [0.2, 0.25) is 17.8 Å². The lowest BCUT2D eigenvalue weighted by Crippen LogP contribution is -2.07. The van der Waals surface area contributed by atoms with E-state index in [4.69, 9.17) is 0 Å². The average molecular weight is 244 g/mol. The van der Waals surface area contributed by atoms with Gasteiger partial charge in [-0.25, -0.2) is 0 Å². The first-order valence-electron chi connectivity index (χ1n) is 5.66. The predicted molar refractivity (Wildman–Crippen MR) is 73.4 cm³/mol. The highest BCUT2D eigenvalue weighted by atomic mass is 15.3. The lowest BCUT2D eigenvalue weighted by molar-refractivity contribution is 1.05. The molecule has 1 heterocycles. The van der Waals surface area contributed by atoms with Gasteiger partial charge in [-0.1, -0.05) is 17.7 Å². The standard InChI is InChI=1S/C12H16N6/c1-8-4-6-9(7-5-8)15-12-17-10(13-2)16-11(14-3)18-12/h4-7H,1-3H3,(H3,13,14,15,16,17,18). The molecule has 1 aromatic heterocycles. The molecule has 0 saturated carbocycles. The minimum atomic E-state index is 0.502. The van der Waals surface area contributed by atoms with Crippen molar-refractivity contribution in [1.82, 2.24) is 15.0 Å². The molecule has 0 radical (unpaired) electrons. The Morgan fingerprint density at radius 3 is 1.78 bits per heavy atom. The van der Waals surface area contributed by atoms with Crippen LogP contribution >= 0.6 is 0 Å². The first kappa shape index (κ1) is 12.1. The second-order valence-electron chi connectivity index (χ2n) is 3.80. The summed E-state index contributed by atoms with van der Waals surface area (Å²) in [5.74, 6) is 1.54. The van der Waals surface area contributed by atoms with E-state index in [1.807, 2.05) is 31.2 Å². The topological polar surface area (TPSA) is 74.8 Å². The van der Waals surface area contributed by atoms with Gasteiger partial charge < -0.3 is 16.0 Å². The zero-order valence-electron chi connectivity index (χ0n) is 10.7. The molecule has 0 aliphatic rings. The summed E-state index contributed by atoms with van der Waals surface area (Å²) in [5.41, 5.74) is 2.15. The fraction of sp³-hybridized carbons (Fsp3) is 0.250. The largest absolute Gasteiger partial charge is 0.357 e. The van der Waals surface area contributed by atoms with Crippen molar-refractivity contribution in [2.75, 3.05) is 30.0 Å². The molecule has 0 fully saturated rings. The van der Waals surface area contributed by atoms with Gasteiger partial charge in [-0.15, -0.1) is 0 Å². The van der Waals surface area contributed by atoms with Crippen molar-refractivity contribution in [3.63, 3.8) is 0 Å². The van der Waals surface area contributed by atoms with Crippen LogP contribution in [0.5, 0.6) is 0 Å². The van der Waals surface area contributed by atoms with Gasteiger partial charge in [0, 0.05) is 19.8 Å². The van der Waals surface area contributed by atoms with E-state index in [1.54, 1.807) is 14.1 Å². The molecule has 6 nitrogen and oxygen atoms in total. The first-order chi connectivity index (χ1) is 8.71. The van der Waals surface area contributed by atoms with Crippen molar-refractivity contribution in [3.8, 4) is 0 Å². The van der Waals surface area contributed by atoms with E-state index in [9.17, 15) is 0 Å². The minimum absolute atomic E-state index is 0.502. The predicted octanol–water partition coefficient (Wildman–Crippen LogP) is 2.01. The Bertz CT molecular complexity index is 500. The molecule has 1 aromatic carbocycles. The van der Waals surface area contributed by atoms with E-state index in [1.165, 1.54) is 5.56 Å². The van der Waals surface area contributed by atoms with Crippen molar-refractivity contribution in [1.29, 1.82) is 0 Å². The van der Waals surface area contributed by atoms with Gasteiger partial charge in [0.1, 0.15) is 0 Å². The number of hydrogen-bond donors (Lipinski definition) is 3. The van der Waals surface area contributed by atoms with E-state index in [2.05, 4.69) is 30.9 Å². The number of nitrogens with zero attached hydrogens (tertiary/aromatic N) is 3. The molecule has 0 aliphatic carbocycles.